The number of aryl methyl sites for hydroxylation is 1. The van der Waals surface area contributed by atoms with Gasteiger partial charge in [0.1, 0.15) is 6.04 Å². The summed E-state index contributed by atoms with van der Waals surface area (Å²) in [5, 5.41) is 9.27. The third-order valence-electron chi connectivity index (χ3n) is 3.89. The molecule has 2 aliphatic rings. The molecule has 0 aromatic carbocycles. The number of carbonyl (C=O) groups is 2. The van der Waals surface area contributed by atoms with Crippen molar-refractivity contribution in [3.8, 4) is 0 Å². The number of rotatable bonds is 2. The number of carboxylic acid groups (broad SMARTS) is 1. The van der Waals surface area contributed by atoms with Crippen LogP contribution in [0.1, 0.15) is 39.4 Å². The van der Waals surface area contributed by atoms with Crippen LogP contribution in [-0.4, -0.2) is 40.2 Å². The number of piperidine rings is 1. The molecule has 1 unspecified atom stereocenters. The van der Waals surface area contributed by atoms with Crippen molar-refractivity contribution in [2.45, 2.75) is 37.5 Å². The zero-order valence-corrected chi connectivity index (χ0v) is 12.8. The molecule has 3 rings (SSSR count). The van der Waals surface area contributed by atoms with Gasteiger partial charge in [-0.15, -0.1) is 11.3 Å². The SMILES string of the molecule is O=C(O)C1CCCCN1C(=O)c1cc2c(s1)CCSC2. The summed E-state index contributed by atoms with van der Waals surface area (Å²) in [5.41, 5.74) is 1.26. The molecule has 1 N–H and O–H groups in total. The standard InChI is InChI=1S/C14H17NO3S2/c16-13(15-5-2-1-3-10(15)14(17)18)12-7-9-8-19-6-4-11(9)20-12/h7,10H,1-6,8H2,(H,17,18). The molecule has 20 heavy (non-hydrogen) atoms. The molecule has 1 amide bonds. The molecule has 1 aromatic rings. The van der Waals surface area contributed by atoms with Crippen LogP contribution in [-0.2, 0) is 17.0 Å². The summed E-state index contributed by atoms with van der Waals surface area (Å²) >= 11 is 3.44. The van der Waals surface area contributed by atoms with E-state index in [1.165, 1.54) is 10.4 Å². The van der Waals surface area contributed by atoms with E-state index in [4.69, 9.17) is 0 Å². The Morgan fingerprint density at radius 1 is 1.35 bits per heavy atom. The number of carbonyl (C=O) groups excluding carboxylic acids is 1. The highest BCUT2D eigenvalue weighted by Crippen LogP contribution is 2.33. The lowest BCUT2D eigenvalue weighted by molar-refractivity contribution is -0.143. The van der Waals surface area contributed by atoms with E-state index in [-0.39, 0.29) is 5.91 Å². The van der Waals surface area contributed by atoms with Gasteiger partial charge in [0.15, 0.2) is 0 Å². The maximum absolute atomic E-state index is 12.6. The molecule has 3 heterocycles. The molecule has 1 fully saturated rings. The summed E-state index contributed by atoms with van der Waals surface area (Å²) < 4.78 is 0. The smallest absolute Gasteiger partial charge is 0.326 e. The second-order valence-corrected chi connectivity index (χ2v) is 7.45. The van der Waals surface area contributed by atoms with Crippen molar-refractivity contribution in [3.63, 3.8) is 0 Å². The highest BCUT2D eigenvalue weighted by Gasteiger charge is 2.33. The molecule has 2 aliphatic heterocycles. The number of hydrogen-bond donors (Lipinski definition) is 1. The summed E-state index contributed by atoms with van der Waals surface area (Å²) in [6.07, 6.45) is 3.39. The Morgan fingerprint density at radius 2 is 2.20 bits per heavy atom. The third kappa shape index (κ3) is 2.59. The Bertz CT molecular complexity index is 517. The summed E-state index contributed by atoms with van der Waals surface area (Å²) in [4.78, 5) is 27.5. The zero-order valence-electron chi connectivity index (χ0n) is 11.1. The average Bonchev–Trinajstić information content (AvgIpc) is 2.90. The number of likely N-dealkylation sites (tertiary alicyclic amines) is 1. The monoisotopic (exact) mass is 311 g/mol. The van der Waals surface area contributed by atoms with E-state index in [1.807, 2.05) is 17.8 Å². The minimum absolute atomic E-state index is 0.0958. The highest BCUT2D eigenvalue weighted by atomic mass is 32.2. The fourth-order valence-electron chi connectivity index (χ4n) is 2.83. The summed E-state index contributed by atoms with van der Waals surface area (Å²) in [5.74, 6) is 1.11. The van der Waals surface area contributed by atoms with Gasteiger partial charge in [0.2, 0.25) is 0 Å². The Balaban J connectivity index is 1.83. The summed E-state index contributed by atoms with van der Waals surface area (Å²) in [7, 11) is 0. The van der Waals surface area contributed by atoms with Gasteiger partial charge >= 0.3 is 5.97 Å². The molecule has 1 saturated heterocycles. The topological polar surface area (TPSA) is 57.6 Å². The molecule has 0 aliphatic carbocycles. The van der Waals surface area contributed by atoms with Crippen LogP contribution >= 0.6 is 23.1 Å². The summed E-state index contributed by atoms with van der Waals surface area (Å²) in [6.45, 7) is 0.563. The Morgan fingerprint density at radius 3 is 2.95 bits per heavy atom. The molecule has 108 valence electrons. The van der Waals surface area contributed by atoms with Gasteiger partial charge in [-0.1, -0.05) is 0 Å². The van der Waals surface area contributed by atoms with Crippen LogP contribution in [0, 0.1) is 0 Å². The van der Waals surface area contributed by atoms with Crippen molar-refractivity contribution >= 4 is 35.0 Å². The van der Waals surface area contributed by atoms with E-state index in [0.717, 1.165) is 30.8 Å². The number of hydrogen-bond acceptors (Lipinski definition) is 4. The van der Waals surface area contributed by atoms with Crippen molar-refractivity contribution in [2.75, 3.05) is 12.3 Å². The Hall–Kier alpha value is -1.01. The van der Waals surface area contributed by atoms with Crippen LogP contribution < -0.4 is 0 Å². The van der Waals surface area contributed by atoms with Crippen LogP contribution in [0.15, 0.2) is 6.07 Å². The number of aliphatic carboxylic acids is 1. The first-order valence-corrected chi connectivity index (χ1v) is 8.87. The fraction of sp³-hybridized carbons (Fsp3) is 0.571. The molecular formula is C14H17NO3S2. The van der Waals surface area contributed by atoms with E-state index in [1.54, 1.807) is 16.2 Å². The maximum atomic E-state index is 12.6. The third-order valence-corrected chi connectivity index (χ3v) is 6.12. The van der Waals surface area contributed by atoms with Gasteiger partial charge in [-0.2, -0.15) is 11.8 Å². The van der Waals surface area contributed by atoms with E-state index in [9.17, 15) is 14.7 Å². The zero-order chi connectivity index (χ0) is 14.1. The highest BCUT2D eigenvalue weighted by molar-refractivity contribution is 7.98. The molecule has 0 bridgehead atoms. The largest absolute Gasteiger partial charge is 0.480 e. The van der Waals surface area contributed by atoms with Gasteiger partial charge in [0.25, 0.3) is 5.91 Å². The van der Waals surface area contributed by atoms with Gasteiger partial charge in [-0.25, -0.2) is 4.79 Å². The first-order chi connectivity index (χ1) is 9.66. The molecule has 0 spiro atoms. The van der Waals surface area contributed by atoms with Crippen LogP contribution in [0.25, 0.3) is 0 Å². The first kappa shape index (κ1) is 13.9. The average molecular weight is 311 g/mol. The second-order valence-electron chi connectivity index (χ2n) is 5.21. The Labute approximate surface area is 126 Å². The fourth-order valence-corrected chi connectivity index (χ4v) is 5.15. The lowest BCUT2D eigenvalue weighted by Crippen LogP contribution is -2.47. The molecule has 1 aromatic heterocycles. The number of thiophene rings is 1. The van der Waals surface area contributed by atoms with Crippen molar-refractivity contribution in [1.82, 2.24) is 4.90 Å². The lowest BCUT2D eigenvalue weighted by Gasteiger charge is -2.32. The van der Waals surface area contributed by atoms with Crippen LogP contribution in [0.2, 0.25) is 0 Å². The normalized spacial score (nSPS) is 22.4. The molecular weight excluding hydrogens is 294 g/mol. The molecule has 0 saturated carbocycles. The predicted octanol–water partition coefficient (Wildman–Crippen LogP) is 2.62. The van der Waals surface area contributed by atoms with Gasteiger partial charge < -0.3 is 10.0 Å². The van der Waals surface area contributed by atoms with Crippen molar-refractivity contribution < 1.29 is 14.7 Å². The molecule has 0 radical (unpaired) electrons. The van der Waals surface area contributed by atoms with Gasteiger partial charge in [-0.3, -0.25) is 4.79 Å². The Kier molecular flexibility index (Phi) is 4.03. The van der Waals surface area contributed by atoms with Crippen molar-refractivity contribution in [1.29, 1.82) is 0 Å². The van der Waals surface area contributed by atoms with Crippen molar-refractivity contribution in [2.24, 2.45) is 0 Å². The minimum Gasteiger partial charge on any atom is -0.480 e. The van der Waals surface area contributed by atoms with Gasteiger partial charge in [0.05, 0.1) is 4.88 Å². The maximum Gasteiger partial charge on any atom is 0.326 e. The molecule has 6 heteroatoms. The number of nitrogens with zero attached hydrogens (tertiary/aromatic N) is 1. The number of amides is 1. The van der Waals surface area contributed by atoms with Crippen LogP contribution in [0.4, 0.5) is 0 Å². The van der Waals surface area contributed by atoms with E-state index < -0.39 is 12.0 Å². The van der Waals surface area contributed by atoms with E-state index in [2.05, 4.69) is 0 Å². The first-order valence-electron chi connectivity index (χ1n) is 6.90. The van der Waals surface area contributed by atoms with Crippen LogP contribution in [0.3, 0.4) is 0 Å². The van der Waals surface area contributed by atoms with E-state index in [0.29, 0.717) is 17.8 Å². The van der Waals surface area contributed by atoms with Crippen molar-refractivity contribution in [3.05, 3.63) is 21.4 Å². The van der Waals surface area contributed by atoms with Gasteiger partial charge in [0, 0.05) is 17.2 Å². The quantitative estimate of drug-likeness (QED) is 0.912. The second kappa shape index (κ2) is 5.77. The number of fused-ring (bicyclic) bond motifs is 1. The predicted molar refractivity (Wildman–Crippen MR) is 80.5 cm³/mol. The number of carboxylic acids is 1. The molecule has 1 atom stereocenters. The summed E-state index contributed by atoms with van der Waals surface area (Å²) in [6, 6.07) is 1.33. The lowest BCUT2D eigenvalue weighted by atomic mass is 10.0. The minimum atomic E-state index is -0.880. The van der Waals surface area contributed by atoms with Gasteiger partial charge in [-0.05, 0) is 43.1 Å². The number of thioether (sulfide) groups is 1. The van der Waals surface area contributed by atoms with E-state index >= 15 is 0 Å². The molecule has 4 nitrogen and oxygen atoms in total. The van der Waals surface area contributed by atoms with Crippen LogP contribution in [0.5, 0.6) is 0 Å².